The van der Waals surface area contributed by atoms with Gasteiger partial charge in [0.25, 0.3) is 0 Å². The Balaban J connectivity index is 2.53. The Bertz CT molecular complexity index is 637. The smallest absolute Gasteiger partial charge is 0.312 e. The van der Waals surface area contributed by atoms with Crippen LogP contribution < -0.4 is 10.1 Å². The molecule has 1 atom stereocenters. The summed E-state index contributed by atoms with van der Waals surface area (Å²) in [6.45, 7) is 1.84. The van der Waals surface area contributed by atoms with E-state index in [1.165, 1.54) is 7.11 Å². The number of nitrogens with one attached hydrogen (secondary N) is 1. The van der Waals surface area contributed by atoms with E-state index >= 15 is 0 Å². The summed E-state index contributed by atoms with van der Waals surface area (Å²) in [7, 11) is 4.92. The Morgan fingerprint density at radius 1 is 1.20 bits per heavy atom. The summed E-state index contributed by atoms with van der Waals surface area (Å²) >= 11 is 0. The van der Waals surface area contributed by atoms with Crippen molar-refractivity contribution < 1.29 is 14.3 Å². The molecule has 0 aliphatic rings. The van der Waals surface area contributed by atoms with Crippen LogP contribution in [0.5, 0.6) is 5.75 Å². The van der Waals surface area contributed by atoms with E-state index in [0.29, 0.717) is 0 Å². The minimum absolute atomic E-state index is 0.230. The first-order valence-electron chi connectivity index (χ1n) is 6.48. The van der Waals surface area contributed by atoms with Crippen LogP contribution in [0.2, 0.25) is 0 Å². The molecule has 1 N–H and O–H groups in total. The molecule has 2 aromatic rings. The molecule has 0 bridgehead atoms. The lowest BCUT2D eigenvalue weighted by Crippen LogP contribution is -2.10. The van der Waals surface area contributed by atoms with E-state index < -0.39 is 0 Å². The van der Waals surface area contributed by atoms with Crippen molar-refractivity contribution in [2.75, 3.05) is 26.6 Å². The van der Waals surface area contributed by atoms with Crippen molar-refractivity contribution in [3.05, 3.63) is 35.9 Å². The molecule has 0 aliphatic heterocycles. The molecular weight excluding hydrogens is 254 g/mol. The van der Waals surface area contributed by atoms with Gasteiger partial charge in [0.05, 0.1) is 25.8 Å². The third-order valence-electron chi connectivity index (χ3n) is 3.53. The fourth-order valence-electron chi connectivity index (χ4n) is 2.34. The third-order valence-corrected chi connectivity index (χ3v) is 3.53. The van der Waals surface area contributed by atoms with Crippen molar-refractivity contribution >= 4 is 22.4 Å². The molecule has 0 amide bonds. The van der Waals surface area contributed by atoms with Crippen molar-refractivity contribution in [2.24, 2.45) is 0 Å². The maximum absolute atomic E-state index is 11.6. The van der Waals surface area contributed by atoms with Crippen molar-refractivity contribution in [1.29, 1.82) is 0 Å². The zero-order valence-electron chi connectivity index (χ0n) is 12.2. The van der Waals surface area contributed by atoms with Gasteiger partial charge < -0.3 is 14.8 Å². The first kappa shape index (κ1) is 14.2. The van der Waals surface area contributed by atoms with Crippen LogP contribution in [0, 0.1) is 0 Å². The van der Waals surface area contributed by atoms with Gasteiger partial charge in [-0.2, -0.15) is 0 Å². The van der Waals surface area contributed by atoms with Gasteiger partial charge in [0.1, 0.15) is 5.75 Å². The highest BCUT2D eigenvalue weighted by Crippen LogP contribution is 2.34. The van der Waals surface area contributed by atoms with Crippen LogP contribution in [0.3, 0.4) is 0 Å². The Morgan fingerprint density at radius 3 is 2.55 bits per heavy atom. The molecule has 0 aliphatic carbocycles. The number of carbonyl (C=O) groups is 1. The van der Waals surface area contributed by atoms with Crippen molar-refractivity contribution in [1.82, 2.24) is 0 Å². The van der Waals surface area contributed by atoms with Crippen LogP contribution in [-0.2, 0) is 9.53 Å². The van der Waals surface area contributed by atoms with E-state index in [9.17, 15) is 4.79 Å². The molecule has 0 saturated heterocycles. The molecule has 0 radical (unpaired) electrons. The van der Waals surface area contributed by atoms with E-state index in [2.05, 4.69) is 5.32 Å². The Hall–Kier alpha value is -2.23. The lowest BCUT2D eigenvalue weighted by Gasteiger charge is -2.14. The molecule has 0 fully saturated rings. The molecule has 0 aromatic heterocycles. The molecule has 106 valence electrons. The largest absolute Gasteiger partial charge is 0.495 e. The van der Waals surface area contributed by atoms with Gasteiger partial charge in [-0.1, -0.05) is 24.3 Å². The van der Waals surface area contributed by atoms with Crippen LogP contribution in [0.15, 0.2) is 30.3 Å². The van der Waals surface area contributed by atoms with Crippen molar-refractivity contribution in [3.8, 4) is 5.75 Å². The topological polar surface area (TPSA) is 47.6 Å². The van der Waals surface area contributed by atoms with Crippen molar-refractivity contribution in [2.45, 2.75) is 12.8 Å². The Labute approximate surface area is 118 Å². The molecule has 4 heteroatoms. The fraction of sp³-hybridized carbons (Fsp3) is 0.312. The average molecular weight is 273 g/mol. The van der Waals surface area contributed by atoms with E-state index in [1.54, 1.807) is 7.11 Å². The molecule has 4 nitrogen and oxygen atoms in total. The monoisotopic (exact) mass is 273 g/mol. The summed E-state index contributed by atoms with van der Waals surface area (Å²) in [5.41, 5.74) is 1.89. The Kier molecular flexibility index (Phi) is 4.13. The third kappa shape index (κ3) is 2.41. The first-order chi connectivity index (χ1) is 9.62. The predicted octanol–water partition coefficient (Wildman–Crippen LogP) is 3.17. The first-order valence-corrected chi connectivity index (χ1v) is 6.48. The summed E-state index contributed by atoms with van der Waals surface area (Å²) in [5.74, 6) is 0.296. The molecule has 0 heterocycles. The Morgan fingerprint density at radius 2 is 1.95 bits per heavy atom. The van der Waals surface area contributed by atoms with Gasteiger partial charge in [-0.05, 0) is 23.9 Å². The summed E-state index contributed by atoms with van der Waals surface area (Å²) in [6, 6.07) is 9.86. The normalized spacial score (nSPS) is 12.0. The quantitative estimate of drug-likeness (QED) is 0.869. The molecule has 0 unspecified atom stereocenters. The summed E-state index contributed by atoms with van der Waals surface area (Å²) in [6.07, 6.45) is 0. The minimum atomic E-state index is -0.274. The van der Waals surface area contributed by atoms with Gasteiger partial charge in [0.2, 0.25) is 0 Å². The molecular formula is C16H19NO3. The van der Waals surface area contributed by atoms with Gasteiger partial charge in [-0.25, -0.2) is 0 Å². The van der Waals surface area contributed by atoms with E-state index in [-0.39, 0.29) is 11.9 Å². The van der Waals surface area contributed by atoms with Crippen LogP contribution in [-0.4, -0.2) is 27.2 Å². The second kappa shape index (κ2) is 5.82. The highest BCUT2D eigenvalue weighted by Gasteiger charge is 2.16. The van der Waals surface area contributed by atoms with Crippen LogP contribution >= 0.6 is 0 Å². The number of esters is 1. The molecule has 0 spiro atoms. The number of ether oxygens (including phenoxy) is 2. The van der Waals surface area contributed by atoms with E-state index in [1.807, 2.05) is 44.3 Å². The van der Waals surface area contributed by atoms with Gasteiger partial charge in [0.15, 0.2) is 0 Å². The second-order valence-corrected chi connectivity index (χ2v) is 4.62. The maximum atomic E-state index is 11.6. The number of hydrogen-bond acceptors (Lipinski definition) is 4. The van der Waals surface area contributed by atoms with Crippen molar-refractivity contribution in [3.63, 3.8) is 0 Å². The van der Waals surface area contributed by atoms with E-state index in [4.69, 9.17) is 9.47 Å². The molecule has 2 rings (SSSR count). The van der Waals surface area contributed by atoms with Crippen LogP contribution in [0.1, 0.15) is 18.4 Å². The molecule has 0 saturated carbocycles. The fourth-order valence-corrected chi connectivity index (χ4v) is 2.34. The number of methoxy groups -OCH3 is 2. The van der Waals surface area contributed by atoms with Gasteiger partial charge >= 0.3 is 5.97 Å². The van der Waals surface area contributed by atoms with Crippen LogP contribution in [0.4, 0.5) is 5.69 Å². The summed E-state index contributed by atoms with van der Waals surface area (Å²) in [5, 5.41) is 5.28. The average Bonchev–Trinajstić information content (AvgIpc) is 2.51. The highest BCUT2D eigenvalue weighted by molar-refractivity contribution is 5.97. The summed E-state index contributed by atoms with van der Waals surface area (Å²) in [4.78, 5) is 11.6. The predicted molar refractivity (Wildman–Crippen MR) is 80.5 cm³/mol. The number of fused-ring (bicyclic) bond motifs is 1. The zero-order valence-corrected chi connectivity index (χ0v) is 12.2. The van der Waals surface area contributed by atoms with Crippen LogP contribution in [0.25, 0.3) is 10.8 Å². The lowest BCUT2D eigenvalue weighted by molar-refractivity contribution is -0.141. The number of hydrogen-bond donors (Lipinski definition) is 1. The summed E-state index contributed by atoms with van der Waals surface area (Å²) < 4.78 is 10.1. The SMILES string of the molecule is CNc1c(OC)ccc2cc([C@H](C)C(=O)OC)ccc12. The minimum Gasteiger partial charge on any atom is -0.495 e. The number of benzene rings is 2. The molecule has 2 aromatic carbocycles. The molecule has 20 heavy (non-hydrogen) atoms. The number of anilines is 1. The van der Waals surface area contributed by atoms with Gasteiger partial charge in [0, 0.05) is 12.4 Å². The standard InChI is InChI=1S/C16H19NO3/c1-10(16(18)20-4)11-5-7-13-12(9-11)6-8-14(19-3)15(13)17-2/h5-10,17H,1-4H3/t10-/m0/s1. The number of carbonyl (C=O) groups excluding carboxylic acids is 1. The lowest BCUT2D eigenvalue weighted by atomic mass is 9.97. The van der Waals surface area contributed by atoms with Gasteiger partial charge in [-0.15, -0.1) is 0 Å². The number of rotatable bonds is 4. The highest BCUT2D eigenvalue weighted by atomic mass is 16.5. The maximum Gasteiger partial charge on any atom is 0.312 e. The second-order valence-electron chi connectivity index (χ2n) is 4.62. The zero-order chi connectivity index (χ0) is 14.7. The van der Waals surface area contributed by atoms with Gasteiger partial charge in [-0.3, -0.25) is 4.79 Å². The van der Waals surface area contributed by atoms with E-state index in [0.717, 1.165) is 27.8 Å².